The molecule has 0 aliphatic carbocycles. The fourth-order valence-electron chi connectivity index (χ4n) is 1.33. The Bertz CT molecular complexity index is 232. The van der Waals surface area contributed by atoms with Gasteiger partial charge in [-0.15, -0.1) is 23.1 Å². The molecule has 1 rings (SSSR count). The predicted molar refractivity (Wildman–Crippen MR) is 72.0 cm³/mol. The van der Waals surface area contributed by atoms with Crippen LogP contribution in [0.5, 0.6) is 0 Å². The molecular formula is C12H21NS2. The quantitative estimate of drug-likeness (QED) is 0.549. The molecule has 0 radical (unpaired) electrons. The zero-order valence-corrected chi connectivity index (χ0v) is 11.3. The van der Waals surface area contributed by atoms with E-state index in [0.29, 0.717) is 0 Å². The van der Waals surface area contributed by atoms with Crippen LogP contribution in [-0.4, -0.2) is 18.8 Å². The van der Waals surface area contributed by atoms with Crippen molar-refractivity contribution in [3.8, 4) is 0 Å². The monoisotopic (exact) mass is 243 g/mol. The van der Waals surface area contributed by atoms with Gasteiger partial charge in [-0.05, 0) is 36.8 Å². The van der Waals surface area contributed by atoms with Crippen molar-refractivity contribution in [3.05, 3.63) is 17.5 Å². The summed E-state index contributed by atoms with van der Waals surface area (Å²) in [6.07, 6.45) is 2.65. The van der Waals surface area contributed by atoms with E-state index in [1.807, 2.05) is 23.1 Å². The fourth-order valence-corrected chi connectivity index (χ4v) is 3.09. The number of nitrogens with one attached hydrogen (secondary N) is 1. The SMILES string of the molecule is CC(C)CCCNCCSc1cccs1. The molecule has 0 amide bonds. The minimum Gasteiger partial charge on any atom is -0.316 e. The van der Waals surface area contributed by atoms with E-state index in [0.717, 1.165) is 12.5 Å². The van der Waals surface area contributed by atoms with Crippen LogP contribution in [0, 0.1) is 5.92 Å². The Morgan fingerprint density at radius 1 is 1.40 bits per heavy atom. The van der Waals surface area contributed by atoms with Crippen molar-refractivity contribution in [1.29, 1.82) is 0 Å². The highest BCUT2D eigenvalue weighted by molar-refractivity contribution is 8.01. The van der Waals surface area contributed by atoms with E-state index in [1.165, 1.54) is 29.3 Å². The number of thiophene rings is 1. The third-order valence-electron chi connectivity index (χ3n) is 2.15. The van der Waals surface area contributed by atoms with Gasteiger partial charge in [0.15, 0.2) is 0 Å². The third kappa shape index (κ3) is 6.98. The van der Waals surface area contributed by atoms with Crippen LogP contribution in [-0.2, 0) is 0 Å². The lowest BCUT2D eigenvalue weighted by atomic mass is 10.1. The summed E-state index contributed by atoms with van der Waals surface area (Å²) in [4.78, 5) is 0. The van der Waals surface area contributed by atoms with Crippen LogP contribution in [0.1, 0.15) is 26.7 Å². The van der Waals surface area contributed by atoms with Gasteiger partial charge in [0.1, 0.15) is 0 Å². The van der Waals surface area contributed by atoms with Gasteiger partial charge in [0.2, 0.25) is 0 Å². The molecule has 0 spiro atoms. The molecular weight excluding hydrogens is 222 g/mol. The molecule has 86 valence electrons. The van der Waals surface area contributed by atoms with Crippen molar-refractivity contribution in [2.75, 3.05) is 18.8 Å². The summed E-state index contributed by atoms with van der Waals surface area (Å²) < 4.78 is 1.43. The van der Waals surface area contributed by atoms with Crippen LogP contribution >= 0.6 is 23.1 Å². The molecule has 0 aliphatic rings. The Hall–Kier alpha value is 0.01000. The summed E-state index contributed by atoms with van der Waals surface area (Å²) >= 11 is 3.78. The van der Waals surface area contributed by atoms with Gasteiger partial charge in [-0.1, -0.05) is 19.9 Å². The maximum Gasteiger partial charge on any atom is 0.0598 e. The lowest BCUT2D eigenvalue weighted by Crippen LogP contribution is -2.18. The van der Waals surface area contributed by atoms with E-state index in [9.17, 15) is 0 Å². The topological polar surface area (TPSA) is 12.0 Å². The Labute approximate surface area is 102 Å². The zero-order chi connectivity index (χ0) is 10.9. The van der Waals surface area contributed by atoms with Crippen molar-refractivity contribution in [3.63, 3.8) is 0 Å². The van der Waals surface area contributed by atoms with Gasteiger partial charge >= 0.3 is 0 Å². The maximum absolute atomic E-state index is 3.49. The highest BCUT2D eigenvalue weighted by atomic mass is 32.2. The highest BCUT2D eigenvalue weighted by Gasteiger charge is 1.95. The Morgan fingerprint density at radius 3 is 2.93 bits per heavy atom. The molecule has 15 heavy (non-hydrogen) atoms. The first-order valence-electron chi connectivity index (χ1n) is 5.66. The number of rotatable bonds is 8. The first kappa shape index (κ1) is 13.1. The molecule has 1 heterocycles. The van der Waals surface area contributed by atoms with Crippen molar-refractivity contribution >= 4 is 23.1 Å². The average Bonchev–Trinajstić information content (AvgIpc) is 2.68. The molecule has 1 nitrogen and oxygen atoms in total. The largest absolute Gasteiger partial charge is 0.316 e. The van der Waals surface area contributed by atoms with Crippen LogP contribution < -0.4 is 5.32 Å². The van der Waals surface area contributed by atoms with Gasteiger partial charge in [0, 0.05) is 12.3 Å². The van der Waals surface area contributed by atoms with Crippen LogP contribution in [0.3, 0.4) is 0 Å². The van der Waals surface area contributed by atoms with Gasteiger partial charge < -0.3 is 5.32 Å². The lowest BCUT2D eigenvalue weighted by Gasteiger charge is -2.05. The molecule has 0 atom stereocenters. The molecule has 0 aromatic carbocycles. The van der Waals surface area contributed by atoms with E-state index in [4.69, 9.17) is 0 Å². The standard InChI is InChI=1S/C12H21NS2/c1-11(2)5-3-7-13-8-10-15-12-6-4-9-14-12/h4,6,9,11,13H,3,5,7-8,10H2,1-2H3. The first-order chi connectivity index (χ1) is 7.29. The number of hydrogen-bond acceptors (Lipinski definition) is 3. The number of hydrogen-bond donors (Lipinski definition) is 1. The summed E-state index contributed by atoms with van der Waals surface area (Å²) in [5, 5.41) is 5.62. The summed E-state index contributed by atoms with van der Waals surface area (Å²) in [7, 11) is 0. The van der Waals surface area contributed by atoms with Crippen LogP contribution in [0.25, 0.3) is 0 Å². The van der Waals surface area contributed by atoms with Crippen molar-refractivity contribution in [2.45, 2.75) is 30.9 Å². The third-order valence-corrected chi connectivity index (χ3v) is 4.29. The van der Waals surface area contributed by atoms with E-state index in [-0.39, 0.29) is 0 Å². The molecule has 0 unspecified atom stereocenters. The minimum atomic E-state index is 0.840. The van der Waals surface area contributed by atoms with E-state index >= 15 is 0 Å². The predicted octanol–water partition coefficient (Wildman–Crippen LogP) is 3.87. The maximum atomic E-state index is 3.49. The molecule has 3 heteroatoms. The first-order valence-corrected chi connectivity index (χ1v) is 7.52. The second kappa shape index (κ2) is 8.20. The van der Waals surface area contributed by atoms with Crippen molar-refractivity contribution < 1.29 is 0 Å². The molecule has 0 fully saturated rings. The van der Waals surface area contributed by atoms with Gasteiger partial charge in [0.25, 0.3) is 0 Å². The molecule has 1 aromatic rings. The normalized spacial score (nSPS) is 11.1. The molecule has 1 N–H and O–H groups in total. The molecule has 0 bridgehead atoms. The molecule has 0 aliphatic heterocycles. The highest BCUT2D eigenvalue weighted by Crippen LogP contribution is 2.22. The van der Waals surface area contributed by atoms with Crippen LogP contribution in [0.2, 0.25) is 0 Å². The van der Waals surface area contributed by atoms with Crippen molar-refractivity contribution in [1.82, 2.24) is 5.32 Å². The molecule has 0 saturated carbocycles. The van der Waals surface area contributed by atoms with Crippen LogP contribution in [0.15, 0.2) is 21.7 Å². The zero-order valence-electron chi connectivity index (χ0n) is 9.66. The fraction of sp³-hybridized carbons (Fsp3) is 0.667. The number of thioether (sulfide) groups is 1. The summed E-state index contributed by atoms with van der Waals surface area (Å²) in [6, 6.07) is 4.30. The minimum absolute atomic E-state index is 0.840. The Morgan fingerprint density at radius 2 is 2.27 bits per heavy atom. The summed E-state index contributed by atoms with van der Waals surface area (Å²) in [6.45, 7) is 6.86. The van der Waals surface area contributed by atoms with E-state index in [1.54, 1.807) is 0 Å². The molecule has 0 saturated heterocycles. The Kier molecular flexibility index (Phi) is 7.14. The van der Waals surface area contributed by atoms with Gasteiger partial charge in [-0.25, -0.2) is 0 Å². The second-order valence-corrected chi connectivity index (χ2v) is 6.41. The average molecular weight is 243 g/mol. The van der Waals surface area contributed by atoms with Gasteiger partial charge in [-0.3, -0.25) is 0 Å². The lowest BCUT2D eigenvalue weighted by molar-refractivity contribution is 0.534. The Balaban J connectivity index is 1.85. The van der Waals surface area contributed by atoms with Gasteiger partial charge in [0.05, 0.1) is 4.21 Å². The smallest absolute Gasteiger partial charge is 0.0598 e. The van der Waals surface area contributed by atoms with Crippen LogP contribution in [0.4, 0.5) is 0 Å². The van der Waals surface area contributed by atoms with Crippen molar-refractivity contribution in [2.24, 2.45) is 5.92 Å². The van der Waals surface area contributed by atoms with E-state index < -0.39 is 0 Å². The van der Waals surface area contributed by atoms with Gasteiger partial charge in [-0.2, -0.15) is 0 Å². The summed E-state index contributed by atoms with van der Waals surface area (Å²) in [5.41, 5.74) is 0. The summed E-state index contributed by atoms with van der Waals surface area (Å²) in [5.74, 6) is 2.02. The second-order valence-electron chi connectivity index (χ2n) is 4.07. The van der Waals surface area contributed by atoms with E-state index in [2.05, 4.69) is 36.7 Å². The molecule has 1 aromatic heterocycles.